The van der Waals surface area contributed by atoms with Crippen molar-refractivity contribution in [3.05, 3.63) is 248 Å². The Bertz CT molecular complexity index is 6570. The Morgan fingerprint density at radius 2 is 0.634 bits per heavy atom. The highest BCUT2D eigenvalue weighted by Crippen LogP contribution is 2.44. The molecule has 8 atom stereocenters. The van der Waals surface area contributed by atoms with Crippen LogP contribution >= 0.6 is 112 Å². The SMILES string of the molecule is CCOC(=O)C1=C(CN2CCCS(=O)(=O)CC2C(=O)O)NC(c2nccs2)=NC1c1ccc(F)cc1Br.CCOC(=O)C1=C(CN2CCS(=O)(=O)C[C@H]2C(=O)O)NC(c2nccs2)=N[C@H]1c1ccc(Cl)cc1Cl.CCOC(=O)C1=C(CN2CCS(=O)(=O)C[C@H]2C(=O)O)NC(c2nccs2)=N[C@H]1c1ccc(F)cc1Br.CCOC(=O)C1=C(CN2CCS(=O)(=O)C[C@H]2C(=O)O)NC(c2nccs2)=N[C@H]1c1ccc(F)cc1Cl. The number of benzene rings is 4. The molecule has 4 aromatic carbocycles. The number of aliphatic imine (C=N–C) groups is 4. The van der Waals surface area contributed by atoms with Crippen LogP contribution in [-0.2, 0) is 96.7 Å². The van der Waals surface area contributed by atoms with Crippen LogP contribution in [0.2, 0.25) is 15.1 Å². The smallest absolute Gasteiger partial charge is 0.338 e. The zero-order chi connectivity index (χ0) is 105. The fourth-order valence-electron chi connectivity index (χ4n) is 16.3. The van der Waals surface area contributed by atoms with Crippen molar-refractivity contribution in [1.29, 1.82) is 0 Å². The fourth-order valence-corrected chi connectivity index (χ4v) is 26.7. The summed E-state index contributed by atoms with van der Waals surface area (Å²) < 4.78 is 161. The van der Waals surface area contributed by atoms with Gasteiger partial charge < -0.3 is 60.6 Å². The third-order valence-corrected chi connectivity index (χ3v) is 35.0. The van der Waals surface area contributed by atoms with Crippen LogP contribution in [0.15, 0.2) is 193 Å². The molecule has 8 N–H and O–H groups in total. The highest BCUT2D eigenvalue weighted by Gasteiger charge is 2.47. The van der Waals surface area contributed by atoms with E-state index < -0.39 is 176 Å². The number of nitrogens with one attached hydrogen (secondary N) is 4. The van der Waals surface area contributed by atoms with E-state index in [1.165, 1.54) is 120 Å². The number of nitrogens with zero attached hydrogens (tertiary/aromatic N) is 12. The summed E-state index contributed by atoms with van der Waals surface area (Å²) >= 11 is 30.9. The summed E-state index contributed by atoms with van der Waals surface area (Å²) in [5, 5.41) is 61.3. The van der Waals surface area contributed by atoms with Crippen LogP contribution in [0.25, 0.3) is 0 Å². The lowest BCUT2D eigenvalue weighted by Crippen LogP contribution is -2.54. The summed E-state index contributed by atoms with van der Waals surface area (Å²) in [5.74, 6) is -10.9. The van der Waals surface area contributed by atoms with Gasteiger partial charge in [-0.15, -0.1) is 45.3 Å². The second-order valence-corrected chi connectivity index (χ2v) is 48.0. The number of sulfone groups is 4. The number of carboxylic acid groups (broad SMARTS) is 4. The van der Waals surface area contributed by atoms with Crippen LogP contribution in [0.4, 0.5) is 13.2 Å². The molecule has 145 heavy (non-hydrogen) atoms. The summed E-state index contributed by atoms with van der Waals surface area (Å²) in [7, 11) is -14.1. The standard InChI is InChI=1S/C23H24BrFN4O6S2.C22H22BrFN4O6S2.C22H22Cl2N4O6S2.C22H22ClFN4O6S2/c1-2-35-23(32)18-16(11-29-7-3-9-37(33,34)12-17(29)22(30)31)27-20(21-26-6-8-36-21)28-19(18)14-5-4-13(25)10-15(14)24;1-2-34-22(31)17-15(10-28-6-8-36(32,33)11-16(28)21(29)30)26-19(20-25-5-7-35-20)27-18(17)13-4-3-12(24)9-14(13)23;1-2-34-22(31)17-15(10-28-6-8-36(32,33)11-16(28)21(29)30)26-19(20-25-5-7-35-20)27-18(17)13-4-3-12(23)9-14(13)24;1-2-34-22(31)17-15(10-28-6-8-36(32,33)11-16(28)21(29)30)26-19(20-25-5-7-35-20)27-18(17)13-4-3-12(24)9-14(13)23/h4-6,8,10,17,19H,2-3,7,9,11-12H2,1H3,(H,27,28)(H,30,31);3*3-5,7,9,16,18H,2,6,8,10-11H2,1H3,(H,26,27)(H,29,30)/t;3*16-,18-/m.000/s1. The number of carbonyl (C=O) groups excluding carboxylic acids is 4. The number of aromatic nitrogens is 4. The van der Waals surface area contributed by atoms with Crippen LogP contribution in [-0.4, -0.2) is 314 Å². The molecule has 0 aliphatic carbocycles. The van der Waals surface area contributed by atoms with Crippen molar-refractivity contribution in [3.63, 3.8) is 0 Å². The largest absolute Gasteiger partial charge is 0.480 e. The lowest BCUT2D eigenvalue weighted by molar-refractivity contribution is -0.143. The van der Waals surface area contributed by atoms with E-state index in [0.717, 1.165) is 6.07 Å². The molecule has 16 rings (SSSR count). The first-order chi connectivity index (χ1) is 68.9. The summed E-state index contributed by atoms with van der Waals surface area (Å²) in [6, 6.07) is 7.63. The normalized spacial score (nSPS) is 22.0. The lowest BCUT2D eigenvalue weighted by atomic mass is 9.95. The molecule has 0 amide bonds. The van der Waals surface area contributed by atoms with Crippen molar-refractivity contribution < 1.29 is 125 Å². The molecule has 56 heteroatoms. The maximum atomic E-state index is 13.9. The van der Waals surface area contributed by atoms with Gasteiger partial charge in [-0.05, 0) is 93.8 Å². The summed E-state index contributed by atoms with van der Waals surface area (Å²) in [4.78, 5) is 143. The van der Waals surface area contributed by atoms with E-state index in [1.54, 1.807) is 86.1 Å². The molecule has 12 heterocycles. The van der Waals surface area contributed by atoms with Crippen molar-refractivity contribution in [2.24, 2.45) is 20.0 Å². The second kappa shape index (κ2) is 48.9. The van der Waals surface area contributed by atoms with Gasteiger partial charge in [-0.2, -0.15) is 0 Å². The number of carbonyl (C=O) groups is 8. The van der Waals surface area contributed by atoms with E-state index >= 15 is 0 Å². The van der Waals surface area contributed by atoms with Crippen molar-refractivity contribution in [2.45, 2.75) is 82.5 Å². The molecule has 0 radical (unpaired) electrons. The topological polar surface area (TPSA) is 553 Å². The molecular formula is C89H90Br2Cl3F3N16O24S8. The van der Waals surface area contributed by atoms with Crippen molar-refractivity contribution in [3.8, 4) is 0 Å². The maximum absolute atomic E-state index is 13.9. The Labute approximate surface area is 875 Å². The summed E-state index contributed by atoms with van der Waals surface area (Å²) in [6.07, 6.45) is 6.61. The lowest BCUT2D eigenvalue weighted by Gasteiger charge is -2.35. The highest BCUT2D eigenvalue weighted by molar-refractivity contribution is 9.10. The first-order valence-electron chi connectivity index (χ1n) is 44.0. The van der Waals surface area contributed by atoms with Crippen LogP contribution in [0.3, 0.4) is 0 Å². The molecule has 774 valence electrons. The molecule has 2 unspecified atom stereocenters. The number of aliphatic carboxylic acids is 4. The monoisotopic (exact) mass is 2340 g/mol. The van der Waals surface area contributed by atoms with Crippen LogP contribution < -0.4 is 21.3 Å². The molecule has 4 saturated heterocycles. The van der Waals surface area contributed by atoms with Gasteiger partial charge >= 0.3 is 47.8 Å². The minimum Gasteiger partial charge on any atom is -0.480 e. The Balaban J connectivity index is 0.000000162. The van der Waals surface area contributed by atoms with Crippen LogP contribution in [0.1, 0.15) is 101 Å². The van der Waals surface area contributed by atoms with Gasteiger partial charge in [0.15, 0.2) is 82.7 Å². The van der Waals surface area contributed by atoms with Crippen molar-refractivity contribution in [1.82, 2.24) is 60.8 Å². The van der Waals surface area contributed by atoms with E-state index in [1.807, 2.05) is 0 Å². The van der Waals surface area contributed by atoms with Gasteiger partial charge in [-0.25, -0.2) is 86.0 Å². The van der Waals surface area contributed by atoms with Gasteiger partial charge in [0.05, 0.1) is 94.7 Å². The first kappa shape index (κ1) is 111. The van der Waals surface area contributed by atoms with E-state index in [0.29, 0.717) is 96.7 Å². The number of amidine groups is 4. The predicted molar refractivity (Wildman–Crippen MR) is 540 cm³/mol. The number of halogens is 8. The third kappa shape index (κ3) is 28.0. The molecule has 8 aromatic rings. The number of carboxylic acids is 4. The van der Waals surface area contributed by atoms with E-state index in [9.17, 15) is 106 Å². The average molecular weight is 2350 g/mol. The van der Waals surface area contributed by atoms with Crippen LogP contribution in [0, 0.1) is 17.5 Å². The molecule has 0 saturated carbocycles. The molecular weight excluding hydrogens is 2260 g/mol. The van der Waals surface area contributed by atoms with E-state index in [4.69, 9.17) is 68.7 Å². The molecule has 4 aromatic heterocycles. The number of rotatable bonds is 28. The highest BCUT2D eigenvalue weighted by atomic mass is 79.9. The van der Waals surface area contributed by atoms with Gasteiger partial charge in [-0.3, -0.25) is 58.7 Å². The minimum absolute atomic E-state index is 0.0172. The fraction of sp³-hybridized carbons (Fsp3) is 0.371. The molecule has 40 nitrogen and oxygen atoms in total. The van der Waals surface area contributed by atoms with Crippen molar-refractivity contribution in [2.75, 3.05) is 125 Å². The third-order valence-electron chi connectivity index (χ3n) is 23.0. The molecule has 0 bridgehead atoms. The zero-order valence-electron chi connectivity index (χ0n) is 76.6. The van der Waals surface area contributed by atoms with E-state index in [2.05, 4.69) is 78.1 Å². The second-order valence-electron chi connectivity index (χ2n) is 32.6. The van der Waals surface area contributed by atoms with Crippen LogP contribution in [0.5, 0.6) is 0 Å². The quantitative estimate of drug-likeness (QED) is 0.0167. The Morgan fingerprint density at radius 1 is 0.379 bits per heavy atom. The molecule has 8 aliphatic heterocycles. The number of esters is 4. The number of hydrogen-bond donors (Lipinski definition) is 8. The maximum Gasteiger partial charge on any atom is 0.338 e. The summed E-state index contributed by atoms with van der Waals surface area (Å²) in [6.45, 7) is 6.66. The predicted octanol–water partition coefficient (Wildman–Crippen LogP) is 9.23. The van der Waals surface area contributed by atoms with Gasteiger partial charge in [-0.1, -0.05) is 90.9 Å². The Hall–Kier alpha value is -10.7. The minimum atomic E-state index is -3.56. The number of ether oxygens (including phenoxy) is 4. The van der Waals surface area contributed by atoms with Crippen molar-refractivity contribution >= 4 is 222 Å². The summed E-state index contributed by atoms with van der Waals surface area (Å²) in [5.41, 5.74) is 3.45. The van der Waals surface area contributed by atoms with Gasteiger partial charge in [0.2, 0.25) is 0 Å². The Morgan fingerprint density at radius 3 is 0.890 bits per heavy atom. The molecule has 8 aliphatic rings. The molecule has 0 spiro atoms. The van der Waals surface area contributed by atoms with Gasteiger partial charge in [0, 0.05) is 157 Å². The first-order valence-corrected chi connectivity index (χ1v) is 57.5. The number of thiazole rings is 4. The zero-order valence-corrected chi connectivity index (χ0v) is 88.6. The van der Waals surface area contributed by atoms with E-state index in [-0.39, 0.29) is 146 Å². The van der Waals surface area contributed by atoms with Gasteiger partial charge in [0.1, 0.15) is 65.8 Å². The molecule has 4 fully saturated rings. The average Bonchev–Trinajstić information content (AvgIpc) is 0.848. The van der Waals surface area contributed by atoms with Gasteiger partial charge in [0.25, 0.3) is 0 Å². The Kier molecular flexibility index (Phi) is 37.6. The number of hydrogen-bond acceptors (Lipinski definition) is 40.